The van der Waals surface area contributed by atoms with Crippen LogP contribution < -0.4 is 4.18 Å². The van der Waals surface area contributed by atoms with Crippen LogP contribution in [0.1, 0.15) is 39.0 Å². The molecule has 1 aromatic carbocycles. The fourth-order valence-corrected chi connectivity index (χ4v) is 2.90. The van der Waals surface area contributed by atoms with E-state index >= 15 is 0 Å². The van der Waals surface area contributed by atoms with Crippen LogP contribution in [-0.4, -0.2) is 25.0 Å². The molecule has 1 amide bonds. The summed E-state index contributed by atoms with van der Waals surface area (Å²) >= 11 is 0. The number of benzene rings is 1. The van der Waals surface area contributed by atoms with Crippen LogP contribution in [0.2, 0.25) is 0 Å². The minimum Gasteiger partial charge on any atom is -0.467 e. The quantitative estimate of drug-likeness (QED) is 0.687. The summed E-state index contributed by atoms with van der Waals surface area (Å²) < 4.78 is 33.7. The molecule has 6 nitrogen and oxygen atoms in total. The lowest BCUT2D eigenvalue weighted by Crippen LogP contribution is -2.38. The zero-order valence-electron chi connectivity index (χ0n) is 15.6. The van der Waals surface area contributed by atoms with Gasteiger partial charge in [0.2, 0.25) is 5.91 Å². The van der Waals surface area contributed by atoms with Gasteiger partial charge in [0.15, 0.2) is 0 Å². The SMILES string of the molecule is CCS(=O)(=O)Oc1cccc(CN(Cc2ccco2)C(=O)C(C)(C)C)c1. The molecule has 0 aliphatic rings. The molecule has 142 valence electrons. The van der Waals surface area contributed by atoms with Crippen LogP contribution in [0.5, 0.6) is 5.75 Å². The Labute approximate surface area is 154 Å². The highest BCUT2D eigenvalue weighted by molar-refractivity contribution is 7.87. The summed E-state index contributed by atoms with van der Waals surface area (Å²) in [7, 11) is -3.59. The maximum Gasteiger partial charge on any atom is 0.308 e. The van der Waals surface area contributed by atoms with Crippen LogP contribution in [0.25, 0.3) is 0 Å². The first kappa shape index (κ1) is 20.0. The van der Waals surface area contributed by atoms with Crippen molar-refractivity contribution >= 4 is 16.0 Å². The van der Waals surface area contributed by atoms with Crippen LogP contribution in [0.4, 0.5) is 0 Å². The zero-order chi connectivity index (χ0) is 19.4. The first-order chi connectivity index (χ1) is 12.1. The van der Waals surface area contributed by atoms with E-state index in [1.807, 2.05) is 32.9 Å². The van der Waals surface area contributed by atoms with Crippen molar-refractivity contribution in [3.05, 3.63) is 54.0 Å². The van der Waals surface area contributed by atoms with Crippen molar-refractivity contribution in [1.82, 2.24) is 4.90 Å². The maximum atomic E-state index is 12.8. The molecule has 7 heteroatoms. The van der Waals surface area contributed by atoms with E-state index in [1.165, 1.54) is 6.92 Å². The lowest BCUT2D eigenvalue weighted by molar-refractivity contribution is -0.141. The third-order valence-corrected chi connectivity index (χ3v) is 4.86. The molecular weight excluding hydrogens is 354 g/mol. The van der Waals surface area contributed by atoms with Crippen molar-refractivity contribution in [2.75, 3.05) is 5.75 Å². The Morgan fingerprint density at radius 1 is 1.15 bits per heavy atom. The Morgan fingerprint density at radius 2 is 1.88 bits per heavy atom. The fourth-order valence-electron chi connectivity index (χ4n) is 2.39. The highest BCUT2D eigenvalue weighted by atomic mass is 32.2. The van der Waals surface area contributed by atoms with Crippen LogP contribution >= 0.6 is 0 Å². The third kappa shape index (κ3) is 5.62. The fraction of sp³-hybridized carbons (Fsp3) is 0.421. The Hall–Kier alpha value is -2.28. The minimum atomic E-state index is -3.59. The van der Waals surface area contributed by atoms with Crippen molar-refractivity contribution in [3.63, 3.8) is 0 Å². The van der Waals surface area contributed by atoms with Gasteiger partial charge in [-0.3, -0.25) is 4.79 Å². The molecule has 1 aromatic heterocycles. The van der Waals surface area contributed by atoms with Gasteiger partial charge >= 0.3 is 10.1 Å². The van der Waals surface area contributed by atoms with Crippen LogP contribution in [0.15, 0.2) is 47.1 Å². The molecule has 0 atom stereocenters. The van der Waals surface area contributed by atoms with Gasteiger partial charge in [0.05, 0.1) is 18.6 Å². The number of hydrogen-bond donors (Lipinski definition) is 0. The van der Waals surface area contributed by atoms with E-state index in [4.69, 9.17) is 8.60 Å². The summed E-state index contributed by atoms with van der Waals surface area (Å²) in [5, 5.41) is 0. The van der Waals surface area contributed by atoms with E-state index in [9.17, 15) is 13.2 Å². The Kier molecular flexibility index (Phi) is 6.13. The largest absolute Gasteiger partial charge is 0.467 e. The van der Waals surface area contributed by atoms with E-state index in [1.54, 1.807) is 35.4 Å². The number of amides is 1. The van der Waals surface area contributed by atoms with Gasteiger partial charge in [-0.15, -0.1) is 0 Å². The predicted molar refractivity (Wildman–Crippen MR) is 98.9 cm³/mol. The van der Waals surface area contributed by atoms with E-state index in [0.29, 0.717) is 18.8 Å². The molecule has 26 heavy (non-hydrogen) atoms. The molecule has 0 unspecified atom stereocenters. The van der Waals surface area contributed by atoms with Crippen molar-refractivity contribution in [2.24, 2.45) is 5.41 Å². The minimum absolute atomic E-state index is 0.0265. The molecule has 0 N–H and O–H groups in total. The smallest absolute Gasteiger partial charge is 0.308 e. The van der Waals surface area contributed by atoms with Gasteiger partial charge in [-0.05, 0) is 36.8 Å². The molecule has 0 saturated carbocycles. The average Bonchev–Trinajstić information content (AvgIpc) is 3.05. The lowest BCUT2D eigenvalue weighted by atomic mass is 9.94. The van der Waals surface area contributed by atoms with Gasteiger partial charge in [-0.25, -0.2) is 0 Å². The molecular formula is C19H25NO5S. The second-order valence-corrected chi connectivity index (χ2v) is 8.93. The van der Waals surface area contributed by atoms with E-state index in [0.717, 1.165) is 5.56 Å². The molecule has 0 fully saturated rings. The van der Waals surface area contributed by atoms with Gasteiger partial charge in [0, 0.05) is 12.0 Å². The van der Waals surface area contributed by atoms with Crippen molar-refractivity contribution in [1.29, 1.82) is 0 Å². The van der Waals surface area contributed by atoms with Gasteiger partial charge in [-0.2, -0.15) is 8.42 Å². The normalized spacial score (nSPS) is 12.0. The molecule has 0 spiro atoms. The molecule has 0 saturated heterocycles. The first-order valence-corrected chi connectivity index (χ1v) is 10.0. The van der Waals surface area contributed by atoms with Gasteiger partial charge < -0.3 is 13.5 Å². The second kappa shape index (κ2) is 7.95. The molecule has 0 radical (unpaired) electrons. The van der Waals surface area contributed by atoms with Gasteiger partial charge in [-0.1, -0.05) is 32.9 Å². The molecule has 2 rings (SSSR count). The van der Waals surface area contributed by atoms with Crippen molar-refractivity contribution in [2.45, 2.75) is 40.8 Å². The number of rotatable bonds is 7. The summed E-state index contributed by atoms with van der Waals surface area (Å²) in [4.78, 5) is 14.5. The van der Waals surface area contributed by atoms with Crippen molar-refractivity contribution < 1.29 is 21.8 Å². The highest BCUT2D eigenvalue weighted by Gasteiger charge is 2.28. The number of hydrogen-bond acceptors (Lipinski definition) is 5. The summed E-state index contributed by atoms with van der Waals surface area (Å²) in [5.41, 5.74) is 0.227. The number of carbonyl (C=O) groups excluding carboxylic acids is 1. The van der Waals surface area contributed by atoms with Crippen molar-refractivity contribution in [3.8, 4) is 5.75 Å². The second-order valence-electron chi connectivity index (χ2n) is 7.07. The molecule has 0 aliphatic carbocycles. The Morgan fingerprint density at radius 3 is 2.46 bits per heavy atom. The van der Waals surface area contributed by atoms with Gasteiger partial charge in [0.1, 0.15) is 11.5 Å². The number of carbonyl (C=O) groups is 1. The third-order valence-electron chi connectivity index (χ3n) is 3.70. The Bertz CT molecular complexity index is 835. The summed E-state index contributed by atoms with van der Waals surface area (Å²) in [5.74, 6) is 0.792. The maximum absolute atomic E-state index is 12.8. The summed E-state index contributed by atoms with van der Waals surface area (Å²) in [6.45, 7) is 7.75. The zero-order valence-corrected chi connectivity index (χ0v) is 16.4. The summed E-state index contributed by atoms with van der Waals surface area (Å²) in [6, 6.07) is 10.4. The predicted octanol–water partition coefficient (Wildman–Crippen LogP) is 3.58. The molecule has 0 bridgehead atoms. The average molecular weight is 379 g/mol. The lowest BCUT2D eigenvalue weighted by Gasteiger charge is -2.29. The van der Waals surface area contributed by atoms with Crippen LogP contribution in [0.3, 0.4) is 0 Å². The number of furan rings is 1. The molecule has 2 aromatic rings. The summed E-state index contributed by atoms with van der Waals surface area (Å²) in [6.07, 6.45) is 1.57. The first-order valence-electron chi connectivity index (χ1n) is 8.43. The van der Waals surface area contributed by atoms with Crippen LogP contribution in [-0.2, 0) is 28.0 Å². The monoisotopic (exact) mass is 379 g/mol. The van der Waals surface area contributed by atoms with Gasteiger partial charge in [0.25, 0.3) is 0 Å². The van der Waals surface area contributed by atoms with E-state index in [-0.39, 0.29) is 17.4 Å². The molecule has 0 aliphatic heterocycles. The Balaban J connectivity index is 2.23. The number of nitrogens with zero attached hydrogens (tertiary/aromatic N) is 1. The van der Waals surface area contributed by atoms with Crippen LogP contribution in [0, 0.1) is 5.41 Å². The topological polar surface area (TPSA) is 76.8 Å². The van der Waals surface area contributed by atoms with E-state index in [2.05, 4.69) is 0 Å². The standard InChI is InChI=1S/C19H25NO5S/c1-5-26(22,23)25-16-9-6-8-15(12-16)13-20(18(21)19(2,3)4)14-17-10-7-11-24-17/h6-12H,5,13-14H2,1-4H3. The van der Waals surface area contributed by atoms with E-state index < -0.39 is 15.5 Å². The molecule has 1 heterocycles. The highest BCUT2D eigenvalue weighted by Crippen LogP contribution is 2.23.